The number of furan rings is 1. The van der Waals surface area contributed by atoms with E-state index in [1.807, 2.05) is 31.2 Å². The van der Waals surface area contributed by atoms with Gasteiger partial charge in [-0.2, -0.15) is 0 Å². The molecular formula is C16H19NO2. The number of para-hydroxylation sites is 1. The molecule has 1 aromatic carbocycles. The third kappa shape index (κ3) is 2.70. The lowest BCUT2D eigenvalue weighted by molar-refractivity contribution is 0.102. The lowest BCUT2D eigenvalue weighted by Crippen LogP contribution is -2.15. The van der Waals surface area contributed by atoms with Gasteiger partial charge in [0.1, 0.15) is 5.76 Å². The van der Waals surface area contributed by atoms with Crippen LogP contribution in [0.5, 0.6) is 0 Å². The minimum Gasteiger partial charge on any atom is -0.469 e. The van der Waals surface area contributed by atoms with Crippen molar-refractivity contribution in [2.75, 3.05) is 5.32 Å². The second-order valence-electron chi connectivity index (χ2n) is 5.05. The van der Waals surface area contributed by atoms with Crippen LogP contribution >= 0.6 is 0 Å². The molecule has 0 radical (unpaired) electrons. The Labute approximate surface area is 113 Å². The molecule has 0 bridgehead atoms. The van der Waals surface area contributed by atoms with Crippen molar-refractivity contribution in [1.82, 2.24) is 0 Å². The van der Waals surface area contributed by atoms with Crippen LogP contribution in [0.3, 0.4) is 0 Å². The Balaban J connectivity index is 2.30. The van der Waals surface area contributed by atoms with Gasteiger partial charge in [0, 0.05) is 11.3 Å². The van der Waals surface area contributed by atoms with Crippen molar-refractivity contribution in [2.24, 2.45) is 0 Å². The Morgan fingerprint density at radius 1 is 1.21 bits per heavy atom. The molecule has 0 saturated carbocycles. The summed E-state index contributed by atoms with van der Waals surface area (Å²) in [5.41, 5.74) is 3.48. The fourth-order valence-electron chi connectivity index (χ4n) is 2.21. The normalized spacial score (nSPS) is 10.8. The van der Waals surface area contributed by atoms with E-state index in [9.17, 15) is 4.79 Å². The van der Waals surface area contributed by atoms with E-state index >= 15 is 0 Å². The zero-order valence-corrected chi connectivity index (χ0v) is 11.8. The Kier molecular flexibility index (Phi) is 3.74. The predicted octanol–water partition coefficient (Wildman–Crippen LogP) is 4.27. The maximum absolute atomic E-state index is 12.3. The van der Waals surface area contributed by atoms with Crippen molar-refractivity contribution >= 4 is 11.6 Å². The van der Waals surface area contributed by atoms with Gasteiger partial charge in [-0.1, -0.05) is 32.0 Å². The zero-order chi connectivity index (χ0) is 14.0. The van der Waals surface area contributed by atoms with E-state index in [-0.39, 0.29) is 5.91 Å². The van der Waals surface area contributed by atoms with Gasteiger partial charge >= 0.3 is 0 Å². The van der Waals surface area contributed by atoms with Crippen LogP contribution in [-0.2, 0) is 0 Å². The van der Waals surface area contributed by atoms with Crippen LogP contribution in [0.4, 0.5) is 5.69 Å². The van der Waals surface area contributed by atoms with E-state index in [1.54, 1.807) is 13.2 Å². The van der Waals surface area contributed by atoms with Gasteiger partial charge in [0.2, 0.25) is 0 Å². The van der Waals surface area contributed by atoms with E-state index in [0.29, 0.717) is 17.2 Å². The van der Waals surface area contributed by atoms with Gasteiger partial charge in [0.25, 0.3) is 5.91 Å². The maximum Gasteiger partial charge on any atom is 0.259 e. The summed E-state index contributed by atoms with van der Waals surface area (Å²) in [6.45, 7) is 7.90. The molecule has 2 aromatic rings. The van der Waals surface area contributed by atoms with Crippen LogP contribution in [0.1, 0.15) is 47.0 Å². The van der Waals surface area contributed by atoms with Gasteiger partial charge in [-0.15, -0.1) is 0 Å². The van der Waals surface area contributed by atoms with Crippen LogP contribution in [0.15, 0.2) is 34.9 Å². The number of benzene rings is 1. The van der Waals surface area contributed by atoms with Gasteiger partial charge in [0.05, 0.1) is 11.8 Å². The van der Waals surface area contributed by atoms with Gasteiger partial charge in [-0.3, -0.25) is 4.79 Å². The van der Waals surface area contributed by atoms with Gasteiger partial charge < -0.3 is 9.73 Å². The number of carbonyl (C=O) groups is 1. The van der Waals surface area contributed by atoms with E-state index < -0.39 is 0 Å². The van der Waals surface area contributed by atoms with Crippen LogP contribution in [0.2, 0.25) is 0 Å². The average Bonchev–Trinajstić information content (AvgIpc) is 2.69. The maximum atomic E-state index is 12.3. The number of aryl methyl sites for hydroxylation is 2. The molecule has 100 valence electrons. The topological polar surface area (TPSA) is 42.2 Å². The lowest BCUT2D eigenvalue weighted by atomic mass is 10.0. The van der Waals surface area contributed by atoms with E-state index in [4.69, 9.17) is 4.42 Å². The Morgan fingerprint density at radius 3 is 2.47 bits per heavy atom. The standard InChI is InChI=1S/C16H19NO2/c1-10(2)13-7-5-6-8-14(13)17-16(18)15-11(3)9-19-12(15)4/h5-10H,1-4H3,(H,17,18). The summed E-state index contributed by atoms with van der Waals surface area (Å²) in [5.74, 6) is 0.900. The molecule has 0 aliphatic carbocycles. The second-order valence-corrected chi connectivity index (χ2v) is 5.05. The van der Waals surface area contributed by atoms with Crippen LogP contribution in [0, 0.1) is 13.8 Å². The number of hydrogen-bond donors (Lipinski definition) is 1. The largest absolute Gasteiger partial charge is 0.469 e. The molecule has 0 fully saturated rings. The minimum absolute atomic E-state index is 0.114. The number of rotatable bonds is 3. The lowest BCUT2D eigenvalue weighted by Gasteiger charge is -2.13. The first-order valence-electron chi connectivity index (χ1n) is 6.45. The highest BCUT2D eigenvalue weighted by atomic mass is 16.3. The third-order valence-electron chi connectivity index (χ3n) is 3.22. The molecule has 19 heavy (non-hydrogen) atoms. The van der Waals surface area contributed by atoms with Crippen LogP contribution < -0.4 is 5.32 Å². The molecule has 0 unspecified atom stereocenters. The molecule has 1 amide bonds. The first-order valence-corrected chi connectivity index (χ1v) is 6.45. The summed E-state index contributed by atoms with van der Waals surface area (Å²) < 4.78 is 5.27. The molecule has 0 spiro atoms. The highest BCUT2D eigenvalue weighted by Crippen LogP contribution is 2.25. The highest BCUT2D eigenvalue weighted by Gasteiger charge is 2.17. The number of anilines is 1. The summed E-state index contributed by atoms with van der Waals surface area (Å²) in [4.78, 5) is 12.3. The highest BCUT2D eigenvalue weighted by molar-refractivity contribution is 6.06. The van der Waals surface area contributed by atoms with Crippen molar-refractivity contribution < 1.29 is 9.21 Å². The molecule has 0 saturated heterocycles. The Morgan fingerprint density at radius 2 is 1.89 bits per heavy atom. The summed E-state index contributed by atoms with van der Waals surface area (Å²) >= 11 is 0. The number of hydrogen-bond acceptors (Lipinski definition) is 2. The van der Waals surface area contributed by atoms with E-state index in [2.05, 4.69) is 19.2 Å². The fourth-order valence-corrected chi connectivity index (χ4v) is 2.21. The first kappa shape index (κ1) is 13.4. The molecular weight excluding hydrogens is 238 g/mol. The number of carbonyl (C=O) groups excluding carboxylic acids is 1. The summed E-state index contributed by atoms with van der Waals surface area (Å²) in [6.07, 6.45) is 1.61. The molecule has 0 aliphatic heterocycles. The zero-order valence-electron chi connectivity index (χ0n) is 11.8. The van der Waals surface area contributed by atoms with Crippen molar-refractivity contribution in [3.63, 3.8) is 0 Å². The molecule has 1 N–H and O–H groups in total. The minimum atomic E-state index is -0.114. The predicted molar refractivity (Wildman–Crippen MR) is 76.7 cm³/mol. The summed E-state index contributed by atoms with van der Waals surface area (Å²) in [7, 11) is 0. The first-order chi connectivity index (χ1) is 9.00. The molecule has 2 rings (SSSR count). The molecule has 3 nitrogen and oxygen atoms in total. The van der Waals surface area contributed by atoms with Crippen molar-refractivity contribution in [3.8, 4) is 0 Å². The fraction of sp³-hybridized carbons (Fsp3) is 0.312. The van der Waals surface area contributed by atoms with E-state index in [0.717, 1.165) is 16.8 Å². The van der Waals surface area contributed by atoms with Crippen molar-refractivity contribution in [2.45, 2.75) is 33.6 Å². The average molecular weight is 257 g/mol. The molecule has 1 aromatic heterocycles. The number of nitrogens with one attached hydrogen (secondary N) is 1. The monoisotopic (exact) mass is 257 g/mol. The van der Waals surface area contributed by atoms with Crippen LogP contribution in [-0.4, -0.2) is 5.91 Å². The number of amides is 1. The van der Waals surface area contributed by atoms with Crippen molar-refractivity contribution in [3.05, 3.63) is 53.0 Å². The third-order valence-corrected chi connectivity index (χ3v) is 3.22. The second kappa shape index (κ2) is 5.31. The quantitative estimate of drug-likeness (QED) is 0.892. The molecule has 0 atom stereocenters. The van der Waals surface area contributed by atoms with Gasteiger partial charge in [-0.05, 0) is 31.4 Å². The van der Waals surface area contributed by atoms with Gasteiger partial charge in [0.15, 0.2) is 0 Å². The molecule has 0 aliphatic rings. The van der Waals surface area contributed by atoms with Crippen molar-refractivity contribution in [1.29, 1.82) is 0 Å². The SMILES string of the molecule is Cc1coc(C)c1C(=O)Nc1ccccc1C(C)C. The van der Waals surface area contributed by atoms with Crippen LogP contribution in [0.25, 0.3) is 0 Å². The summed E-state index contributed by atoms with van der Waals surface area (Å²) in [5, 5.41) is 2.98. The summed E-state index contributed by atoms with van der Waals surface area (Å²) in [6, 6.07) is 7.88. The Bertz CT molecular complexity index is 577. The molecule has 1 heterocycles. The Hall–Kier alpha value is -2.03. The smallest absolute Gasteiger partial charge is 0.259 e. The van der Waals surface area contributed by atoms with E-state index in [1.165, 1.54) is 0 Å². The molecule has 3 heteroatoms. The van der Waals surface area contributed by atoms with Gasteiger partial charge in [-0.25, -0.2) is 0 Å².